The number of hydrogen-bond acceptors (Lipinski definition) is 3. The van der Waals surface area contributed by atoms with E-state index in [4.69, 9.17) is 12.5 Å². The number of aliphatic hydroxyl groups is 1. The monoisotopic (exact) mass is 176 g/mol. The maximum absolute atomic E-state index is 7.98. The molecule has 3 heteroatoms. The molecule has 3 N–H and O–H groups in total. The van der Waals surface area contributed by atoms with Crippen LogP contribution in [0.4, 0.5) is 0 Å². The Hall–Kier alpha value is -1.06. The summed E-state index contributed by atoms with van der Waals surface area (Å²) >= 11 is 0. The number of benzene rings is 1. The van der Waals surface area contributed by atoms with Gasteiger partial charge < -0.3 is 15.5 Å². The molecule has 0 aromatic heterocycles. The van der Waals surface area contributed by atoms with Gasteiger partial charge in [0.05, 0.1) is 7.45 Å². The Bertz CT molecular complexity index is 494. The predicted octanol–water partition coefficient (Wildman–Crippen LogP) is 0.645. The molecular weight excluding hydrogens is 154 g/mol. The largest absolute Gasteiger partial charge is 0.508 e. The minimum Gasteiger partial charge on any atom is -0.508 e. The van der Waals surface area contributed by atoms with Crippen molar-refractivity contribution in [2.75, 3.05) is 13.5 Å². The summed E-state index contributed by atoms with van der Waals surface area (Å²) in [4.78, 5) is 0. The molecule has 0 aliphatic rings. The van der Waals surface area contributed by atoms with Crippen LogP contribution in [-0.4, -0.2) is 26.6 Å². The molecule has 12 heavy (non-hydrogen) atoms. The van der Waals surface area contributed by atoms with E-state index in [1.165, 1.54) is 18.2 Å². The molecular formula is C9H13NO2. The Morgan fingerprint density at radius 1 is 2.00 bits per heavy atom. The van der Waals surface area contributed by atoms with Gasteiger partial charge in [-0.05, 0) is 24.7 Å². The minimum atomic E-state index is -3.18. The molecule has 0 aliphatic carbocycles. The second kappa shape index (κ2) is 4.09. The van der Waals surface area contributed by atoms with Crippen molar-refractivity contribution in [1.82, 2.24) is 5.31 Å². The Balaban J connectivity index is 3.36. The first-order chi connectivity index (χ1) is 9.50. The Morgan fingerprint density at radius 2 is 3.00 bits per heavy atom. The van der Waals surface area contributed by atoms with Crippen LogP contribution in [0.15, 0.2) is 24.3 Å². The molecule has 1 aromatic rings. The molecule has 0 spiro atoms. The van der Waals surface area contributed by atoms with Crippen molar-refractivity contribution in [3.05, 3.63) is 29.8 Å². The quantitative estimate of drug-likeness (QED) is 0.617. The summed E-state index contributed by atoms with van der Waals surface area (Å²) in [5.41, 5.74) is -0.270. The second-order valence-corrected chi connectivity index (χ2v) is 2.08. The molecule has 0 radical (unpaired) electrons. The number of likely N-dealkylation sites (N-methyl/N-ethyl adjacent to an activating group) is 1. The van der Waals surface area contributed by atoms with E-state index in [0.717, 1.165) is 6.07 Å². The zero-order valence-electron chi connectivity index (χ0n) is 15.1. The van der Waals surface area contributed by atoms with Crippen LogP contribution >= 0.6 is 0 Å². The Morgan fingerprint density at radius 3 is 3.75 bits per heavy atom. The molecule has 3 nitrogen and oxygen atoms in total. The molecule has 0 bridgehead atoms. The Kier molecular flexibility index (Phi) is 0.926. The zero-order chi connectivity index (χ0) is 16.5. The van der Waals surface area contributed by atoms with Crippen LogP contribution < -0.4 is 5.31 Å². The van der Waals surface area contributed by atoms with E-state index in [1.54, 1.807) is 0 Å². The number of nitrogens with one attached hydrogen (secondary N) is 1. The van der Waals surface area contributed by atoms with Crippen molar-refractivity contribution >= 4 is 0 Å². The van der Waals surface area contributed by atoms with Crippen LogP contribution in [0.3, 0.4) is 0 Å². The average Bonchev–Trinajstić information content (AvgIpc) is 2.44. The molecule has 0 heterocycles. The number of hydrogen-bond donors (Lipinski definition) is 3. The summed E-state index contributed by atoms with van der Waals surface area (Å²) in [5, 5.41) is 7.90. The summed E-state index contributed by atoms with van der Waals surface area (Å²) in [7, 11) is 0. The first-order valence-electron chi connectivity index (χ1n) is 7.44. The van der Waals surface area contributed by atoms with Crippen molar-refractivity contribution in [3.63, 3.8) is 0 Å². The lowest BCUT2D eigenvalue weighted by molar-refractivity contribution is 0.177. The number of rotatable bonds is 5. The molecule has 0 fully saturated rings. The van der Waals surface area contributed by atoms with Crippen molar-refractivity contribution < 1.29 is 19.9 Å². The summed E-state index contributed by atoms with van der Waals surface area (Å²) < 4.78 is 65.7. The highest BCUT2D eigenvalue weighted by Gasteiger charge is 2.05. The van der Waals surface area contributed by atoms with Crippen LogP contribution in [0.2, 0.25) is 1.41 Å². The normalized spacial score (nSPS) is 28.6. The molecule has 1 atom stereocenters. The third kappa shape index (κ3) is 2.22. The summed E-state index contributed by atoms with van der Waals surface area (Å²) in [5.74, 6) is -0.0533. The van der Waals surface area contributed by atoms with E-state index in [9.17, 15) is 0 Å². The van der Waals surface area contributed by atoms with E-state index in [-0.39, 0.29) is 11.3 Å². The fourth-order valence-electron chi connectivity index (χ4n) is 0.753. The topological polar surface area (TPSA) is 52.5 Å². The standard InChI is InChI=1S/C9H13NO2/c1-10-6-9(12)7-3-2-4-8(11)5-7/h2-5,9-12H,6H2,1H3/t9-/m0/s1/i1D3,6D2,9D,12D/hD2. The highest BCUT2D eigenvalue weighted by atomic mass is 16.3. The SMILES string of the molecule is [2H]Oc1cccc([C@@]([2H])(O[2H])C([2H])([2H])N([2H])C([2H])([2H])[2H])c1. The van der Waals surface area contributed by atoms with Gasteiger partial charge in [-0.2, -0.15) is 0 Å². The fraction of sp³-hybridized carbons (Fsp3) is 0.333. The van der Waals surface area contributed by atoms with Gasteiger partial charge in [-0.1, -0.05) is 12.1 Å². The summed E-state index contributed by atoms with van der Waals surface area (Å²) in [6.45, 7) is -6.33. The van der Waals surface area contributed by atoms with E-state index < -0.39 is 24.9 Å². The molecule has 66 valence electrons. The van der Waals surface area contributed by atoms with Gasteiger partial charge in [0.15, 0.2) is 0 Å². The lowest BCUT2D eigenvalue weighted by atomic mass is 10.1. The van der Waals surface area contributed by atoms with Crippen molar-refractivity contribution in [2.45, 2.75) is 6.08 Å². The van der Waals surface area contributed by atoms with Crippen LogP contribution in [0.25, 0.3) is 0 Å². The lowest BCUT2D eigenvalue weighted by Crippen LogP contribution is -2.16. The molecule has 0 saturated carbocycles. The van der Waals surface area contributed by atoms with Crippen LogP contribution in [0, 0.1) is 0 Å². The van der Waals surface area contributed by atoms with Crippen molar-refractivity contribution in [1.29, 1.82) is 2.86 Å². The lowest BCUT2D eigenvalue weighted by Gasteiger charge is -2.09. The van der Waals surface area contributed by atoms with Crippen molar-refractivity contribution in [3.8, 4) is 5.75 Å². The van der Waals surface area contributed by atoms with E-state index in [1.807, 2.05) is 0 Å². The van der Waals surface area contributed by atoms with Gasteiger partial charge >= 0.3 is 0 Å². The fourth-order valence-corrected chi connectivity index (χ4v) is 0.753. The highest BCUT2D eigenvalue weighted by molar-refractivity contribution is 5.28. The maximum Gasteiger partial charge on any atom is 0.293 e. The molecule has 0 aliphatic heterocycles. The molecule has 1 aromatic carbocycles. The molecule has 0 saturated heterocycles. The summed E-state index contributed by atoms with van der Waals surface area (Å²) in [6.07, 6.45) is -2.84. The van der Waals surface area contributed by atoms with Gasteiger partial charge in [-0.25, -0.2) is 0 Å². The number of aromatic hydroxyl groups is 1. The molecule has 0 unspecified atom stereocenters. The van der Waals surface area contributed by atoms with Gasteiger partial charge in [0.2, 0.25) is 1.43 Å². The number of phenols is 1. The smallest absolute Gasteiger partial charge is 0.293 e. The maximum atomic E-state index is 7.98. The third-order valence-electron chi connectivity index (χ3n) is 1.25. The predicted molar refractivity (Wildman–Crippen MR) is 47.0 cm³/mol. The van der Waals surface area contributed by atoms with Gasteiger partial charge in [0, 0.05) is 13.4 Å². The second-order valence-electron chi connectivity index (χ2n) is 2.08. The van der Waals surface area contributed by atoms with Gasteiger partial charge in [-0.3, -0.25) is 0 Å². The average molecular weight is 176 g/mol. The van der Waals surface area contributed by atoms with E-state index in [0.29, 0.717) is 0 Å². The van der Waals surface area contributed by atoms with Crippen LogP contribution in [0.5, 0.6) is 5.75 Å². The van der Waals surface area contributed by atoms with Crippen LogP contribution in [0.1, 0.15) is 19.9 Å². The highest BCUT2D eigenvalue weighted by Crippen LogP contribution is 2.17. The van der Waals surface area contributed by atoms with E-state index >= 15 is 0 Å². The van der Waals surface area contributed by atoms with Gasteiger partial charge in [-0.15, -0.1) is 0 Å². The minimum absolute atomic E-state index is 0.0533. The van der Waals surface area contributed by atoms with Gasteiger partial charge in [0.1, 0.15) is 7.16 Å². The van der Waals surface area contributed by atoms with E-state index in [2.05, 4.69) is 10.2 Å². The van der Waals surface area contributed by atoms with Gasteiger partial charge in [0.25, 0.3) is 1.43 Å². The first kappa shape index (κ1) is 2.72. The first-order valence-corrected chi connectivity index (χ1v) is 3.18. The molecule has 0 amide bonds. The third-order valence-corrected chi connectivity index (χ3v) is 1.25. The Labute approximate surface area is 84.5 Å². The van der Waals surface area contributed by atoms with Crippen LogP contribution in [-0.2, 0) is 0 Å². The van der Waals surface area contributed by atoms with Crippen molar-refractivity contribution in [2.24, 2.45) is 0 Å². The number of phenolic OH excluding ortho intramolecular Hbond substituents is 1. The zero-order valence-corrected chi connectivity index (χ0v) is 6.07. The molecule has 1 rings (SSSR count). The summed E-state index contributed by atoms with van der Waals surface area (Å²) in [6, 6.07) is 4.93.